The molecule has 1 aromatic rings. The molecule has 0 aliphatic carbocycles. The van der Waals surface area contributed by atoms with Gasteiger partial charge in [0.1, 0.15) is 4.21 Å². The van der Waals surface area contributed by atoms with Crippen LogP contribution in [0.2, 0.25) is 0 Å². The average molecular weight is 332 g/mol. The molecule has 0 radical (unpaired) electrons. The number of thiophene rings is 1. The lowest BCUT2D eigenvalue weighted by atomic mass is 9.77. The molecule has 1 aliphatic heterocycles. The molecule has 120 valence electrons. The third-order valence-electron chi connectivity index (χ3n) is 4.32. The second-order valence-corrected chi connectivity index (χ2v) is 9.91. The van der Waals surface area contributed by atoms with E-state index < -0.39 is 10.0 Å². The number of hydrogen-bond donors (Lipinski definition) is 1. The third kappa shape index (κ3) is 3.86. The Morgan fingerprint density at radius 3 is 2.62 bits per heavy atom. The molecule has 1 unspecified atom stereocenters. The molecule has 1 aliphatic rings. The van der Waals surface area contributed by atoms with Gasteiger partial charge in [-0.3, -0.25) is 0 Å². The summed E-state index contributed by atoms with van der Waals surface area (Å²) in [5.74, 6) is 0.564. The first-order valence-electron chi connectivity index (χ1n) is 7.43. The van der Waals surface area contributed by atoms with Crippen LogP contribution in [0.1, 0.15) is 45.6 Å². The second-order valence-electron chi connectivity index (χ2n) is 6.83. The summed E-state index contributed by atoms with van der Waals surface area (Å²) < 4.78 is 27.3. The zero-order valence-corrected chi connectivity index (χ0v) is 14.6. The van der Waals surface area contributed by atoms with Crippen molar-refractivity contribution in [3.05, 3.63) is 17.0 Å². The molecule has 1 aromatic heterocycles. The maximum absolute atomic E-state index is 12.7. The first-order valence-corrected chi connectivity index (χ1v) is 9.75. The summed E-state index contributed by atoms with van der Waals surface area (Å²) in [6, 6.07) is 1.59. The van der Waals surface area contributed by atoms with Gasteiger partial charge in [0.05, 0.1) is 6.61 Å². The van der Waals surface area contributed by atoms with Gasteiger partial charge in [-0.15, -0.1) is 11.3 Å². The van der Waals surface area contributed by atoms with Crippen LogP contribution >= 0.6 is 11.3 Å². The quantitative estimate of drug-likeness (QED) is 0.926. The topological polar surface area (TPSA) is 57.6 Å². The number of sulfonamides is 1. The van der Waals surface area contributed by atoms with Gasteiger partial charge < -0.3 is 5.11 Å². The van der Waals surface area contributed by atoms with E-state index in [1.807, 2.05) is 0 Å². The van der Waals surface area contributed by atoms with Gasteiger partial charge in [0.15, 0.2) is 0 Å². The van der Waals surface area contributed by atoms with Crippen molar-refractivity contribution in [3.8, 4) is 0 Å². The molecule has 2 heterocycles. The number of hydrogen-bond acceptors (Lipinski definition) is 4. The van der Waals surface area contributed by atoms with Gasteiger partial charge in [0.25, 0.3) is 10.0 Å². The Morgan fingerprint density at radius 1 is 1.33 bits per heavy atom. The smallest absolute Gasteiger partial charge is 0.252 e. The normalized spacial score (nSPS) is 22.2. The van der Waals surface area contributed by atoms with Gasteiger partial charge in [-0.25, -0.2) is 8.42 Å². The van der Waals surface area contributed by atoms with E-state index in [1.54, 1.807) is 15.8 Å². The predicted molar refractivity (Wildman–Crippen MR) is 85.8 cm³/mol. The summed E-state index contributed by atoms with van der Waals surface area (Å²) in [7, 11) is -3.40. The van der Waals surface area contributed by atoms with Gasteiger partial charge in [-0.2, -0.15) is 4.31 Å². The van der Waals surface area contributed by atoms with Crippen molar-refractivity contribution in [2.45, 2.75) is 50.8 Å². The van der Waals surface area contributed by atoms with Crippen molar-refractivity contribution in [2.75, 3.05) is 13.1 Å². The molecule has 1 atom stereocenters. The van der Waals surface area contributed by atoms with Crippen LogP contribution in [0.5, 0.6) is 0 Å². The Morgan fingerprint density at radius 2 is 2.05 bits per heavy atom. The zero-order chi connectivity index (χ0) is 15.7. The Labute approximate surface area is 131 Å². The molecule has 0 spiro atoms. The fourth-order valence-corrected chi connectivity index (χ4v) is 5.72. The van der Waals surface area contributed by atoms with Crippen molar-refractivity contribution < 1.29 is 13.5 Å². The van der Waals surface area contributed by atoms with Gasteiger partial charge in [-0.1, -0.05) is 20.8 Å². The lowest BCUT2D eigenvalue weighted by molar-refractivity contribution is 0.217. The van der Waals surface area contributed by atoms with E-state index in [1.165, 1.54) is 11.3 Å². The Balaban J connectivity index is 2.14. The molecule has 0 aromatic carbocycles. The van der Waals surface area contributed by atoms with Crippen LogP contribution in [0.4, 0.5) is 0 Å². The summed E-state index contributed by atoms with van der Waals surface area (Å²) in [6.07, 6.45) is 2.92. The van der Waals surface area contributed by atoms with Crippen molar-refractivity contribution in [1.82, 2.24) is 4.31 Å². The van der Waals surface area contributed by atoms with Crippen molar-refractivity contribution in [2.24, 2.45) is 11.3 Å². The molecule has 21 heavy (non-hydrogen) atoms. The summed E-state index contributed by atoms with van der Waals surface area (Å²) in [4.78, 5) is 0. The van der Waals surface area contributed by atoms with E-state index >= 15 is 0 Å². The van der Waals surface area contributed by atoms with Gasteiger partial charge in [0.2, 0.25) is 0 Å². The highest BCUT2D eigenvalue weighted by Crippen LogP contribution is 2.35. The fraction of sp³-hybridized carbons (Fsp3) is 0.733. The van der Waals surface area contributed by atoms with E-state index in [2.05, 4.69) is 20.8 Å². The van der Waals surface area contributed by atoms with Crippen molar-refractivity contribution in [3.63, 3.8) is 0 Å². The largest absolute Gasteiger partial charge is 0.392 e. The minimum absolute atomic E-state index is 0.113. The molecule has 1 N–H and O–H groups in total. The summed E-state index contributed by atoms with van der Waals surface area (Å²) in [6.45, 7) is 7.77. The maximum atomic E-state index is 12.7. The lowest BCUT2D eigenvalue weighted by Gasteiger charge is -2.29. The van der Waals surface area contributed by atoms with E-state index in [4.69, 9.17) is 5.11 Å². The van der Waals surface area contributed by atoms with E-state index in [-0.39, 0.29) is 12.0 Å². The molecule has 0 saturated carbocycles. The van der Waals surface area contributed by atoms with Crippen LogP contribution in [0.25, 0.3) is 0 Å². The van der Waals surface area contributed by atoms with Crippen LogP contribution in [0, 0.1) is 11.3 Å². The average Bonchev–Trinajstić information content (AvgIpc) is 2.73. The van der Waals surface area contributed by atoms with Crippen LogP contribution in [-0.2, 0) is 16.6 Å². The lowest BCUT2D eigenvalue weighted by Crippen LogP contribution is -2.32. The van der Waals surface area contributed by atoms with Crippen LogP contribution in [0.15, 0.2) is 15.7 Å². The van der Waals surface area contributed by atoms with Crippen molar-refractivity contribution in [1.29, 1.82) is 0 Å². The van der Waals surface area contributed by atoms with Crippen LogP contribution in [-0.4, -0.2) is 30.9 Å². The highest BCUT2D eigenvalue weighted by atomic mass is 32.2. The first kappa shape index (κ1) is 16.9. The molecular formula is C15H25NO3S2. The predicted octanol–water partition coefficient (Wildman–Crippen LogP) is 3.08. The second kappa shape index (κ2) is 6.36. The number of nitrogens with zero attached hydrogens (tertiary/aromatic N) is 1. The highest BCUT2D eigenvalue weighted by molar-refractivity contribution is 7.91. The molecule has 1 saturated heterocycles. The van der Waals surface area contributed by atoms with Gasteiger partial charge >= 0.3 is 0 Å². The van der Waals surface area contributed by atoms with Crippen LogP contribution < -0.4 is 0 Å². The monoisotopic (exact) mass is 331 g/mol. The number of aliphatic hydroxyl groups is 1. The SMILES string of the molecule is CC(C)(C)C1CCCN(S(=O)(=O)c2cc(CO)cs2)CC1. The molecule has 0 bridgehead atoms. The number of aliphatic hydroxyl groups excluding tert-OH is 1. The minimum Gasteiger partial charge on any atom is -0.392 e. The van der Waals surface area contributed by atoms with E-state index in [9.17, 15) is 8.42 Å². The molecule has 2 rings (SSSR count). The third-order valence-corrected chi connectivity index (χ3v) is 7.68. The summed E-state index contributed by atoms with van der Waals surface area (Å²) in [5, 5.41) is 10.8. The molecule has 0 amide bonds. The van der Waals surface area contributed by atoms with Gasteiger partial charge in [0, 0.05) is 13.1 Å². The standard InChI is InChI=1S/C15H25NO3S2/c1-15(2,3)13-5-4-7-16(8-6-13)21(18,19)14-9-12(10-17)11-20-14/h9,11,13,17H,4-8,10H2,1-3H3. The molecular weight excluding hydrogens is 306 g/mol. The zero-order valence-electron chi connectivity index (χ0n) is 13.0. The minimum atomic E-state index is -3.40. The maximum Gasteiger partial charge on any atom is 0.252 e. The summed E-state index contributed by atoms with van der Waals surface area (Å²) >= 11 is 1.20. The molecule has 6 heteroatoms. The highest BCUT2D eigenvalue weighted by Gasteiger charge is 2.32. The van der Waals surface area contributed by atoms with Gasteiger partial charge in [-0.05, 0) is 47.6 Å². The first-order chi connectivity index (χ1) is 9.75. The van der Waals surface area contributed by atoms with Crippen molar-refractivity contribution >= 4 is 21.4 Å². The van der Waals surface area contributed by atoms with E-state index in [0.29, 0.717) is 28.8 Å². The summed E-state index contributed by atoms with van der Waals surface area (Å²) in [5.41, 5.74) is 0.896. The van der Waals surface area contributed by atoms with E-state index in [0.717, 1.165) is 19.3 Å². The Bertz CT molecular complexity index is 572. The van der Waals surface area contributed by atoms with Crippen LogP contribution in [0.3, 0.4) is 0 Å². The number of rotatable bonds is 3. The Kier molecular flexibility index (Phi) is 5.13. The fourth-order valence-electron chi connectivity index (χ4n) is 2.87. The Hall–Kier alpha value is -0.430. The molecule has 4 nitrogen and oxygen atoms in total. The molecule has 1 fully saturated rings.